The van der Waals surface area contributed by atoms with Gasteiger partial charge in [0.15, 0.2) is 16.6 Å². The van der Waals surface area contributed by atoms with E-state index in [2.05, 4.69) is 26.4 Å². The lowest BCUT2D eigenvalue weighted by Gasteiger charge is -2.15. The Bertz CT molecular complexity index is 1160. The molecule has 5 nitrogen and oxygen atoms in total. The Balaban J connectivity index is 1.44. The summed E-state index contributed by atoms with van der Waals surface area (Å²) in [5.41, 5.74) is -0.128. The molecule has 1 aliphatic heterocycles. The minimum absolute atomic E-state index is 0.119. The first-order valence-electron chi connectivity index (χ1n) is 9.65. The number of anilines is 1. The number of alkyl halides is 2. The number of aromatic nitrogens is 1. The number of ether oxygens (including phenoxy) is 2. The molecule has 1 aromatic carbocycles. The van der Waals surface area contributed by atoms with Crippen molar-refractivity contribution in [2.45, 2.75) is 32.5 Å². The number of amides is 1. The van der Waals surface area contributed by atoms with Crippen LogP contribution in [0, 0.1) is 11.2 Å². The Morgan fingerprint density at radius 2 is 2.06 bits per heavy atom. The van der Waals surface area contributed by atoms with E-state index in [1.807, 2.05) is 0 Å². The fourth-order valence-corrected chi connectivity index (χ4v) is 4.30. The molecular formula is C22H18ClF3N2O3S. The van der Waals surface area contributed by atoms with E-state index in [-0.39, 0.29) is 17.4 Å². The lowest BCUT2D eigenvalue weighted by Crippen LogP contribution is -2.25. The second kappa shape index (κ2) is 8.29. The predicted octanol–water partition coefficient (Wildman–Crippen LogP) is 6.19. The minimum atomic E-state index is -3.76. The van der Waals surface area contributed by atoms with Crippen LogP contribution in [0.5, 0.6) is 0 Å². The van der Waals surface area contributed by atoms with E-state index in [0.29, 0.717) is 40.6 Å². The summed E-state index contributed by atoms with van der Waals surface area (Å²) >= 11 is 7.00. The molecule has 1 N–H and O–H groups in total. The normalized spacial score (nSPS) is 20.7. The van der Waals surface area contributed by atoms with Crippen LogP contribution in [0.15, 0.2) is 60.2 Å². The van der Waals surface area contributed by atoms with Gasteiger partial charge in [-0.05, 0) is 55.2 Å². The Morgan fingerprint density at radius 3 is 2.72 bits per heavy atom. The molecule has 2 aromatic rings. The number of hydrogen-bond acceptors (Lipinski definition) is 5. The van der Waals surface area contributed by atoms with Crippen molar-refractivity contribution in [2.75, 3.05) is 5.32 Å². The van der Waals surface area contributed by atoms with Gasteiger partial charge in [0.2, 0.25) is 5.91 Å². The Hall–Kier alpha value is -2.78. The van der Waals surface area contributed by atoms with Gasteiger partial charge in [-0.25, -0.2) is 9.37 Å². The first-order chi connectivity index (χ1) is 15.1. The fourth-order valence-electron chi connectivity index (χ4n) is 3.31. The van der Waals surface area contributed by atoms with Crippen LogP contribution in [-0.4, -0.2) is 17.2 Å². The van der Waals surface area contributed by atoms with Crippen molar-refractivity contribution in [3.8, 4) is 0 Å². The molecule has 32 heavy (non-hydrogen) atoms. The highest BCUT2D eigenvalue weighted by Crippen LogP contribution is 2.53. The van der Waals surface area contributed by atoms with E-state index in [1.54, 1.807) is 18.3 Å². The molecular weight excluding hydrogens is 465 g/mol. The highest BCUT2D eigenvalue weighted by atomic mass is 35.5. The predicted molar refractivity (Wildman–Crippen MR) is 115 cm³/mol. The molecule has 1 aromatic heterocycles. The van der Waals surface area contributed by atoms with Gasteiger partial charge in [0.25, 0.3) is 0 Å². The summed E-state index contributed by atoms with van der Waals surface area (Å²) in [5.74, 6) is -1.05. The minimum Gasteiger partial charge on any atom is -0.396 e. The highest BCUT2D eigenvalue weighted by Gasteiger charge is 2.53. The van der Waals surface area contributed by atoms with Gasteiger partial charge in [-0.1, -0.05) is 24.2 Å². The number of carbonyl (C=O) groups is 1. The molecule has 0 atom stereocenters. The first kappa shape index (κ1) is 22.4. The van der Waals surface area contributed by atoms with Crippen LogP contribution in [0.4, 0.5) is 18.3 Å². The van der Waals surface area contributed by atoms with Gasteiger partial charge in [0.05, 0.1) is 5.41 Å². The Kier molecular flexibility index (Phi) is 5.81. The monoisotopic (exact) mass is 482 g/mol. The van der Waals surface area contributed by atoms with E-state index >= 15 is 0 Å². The van der Waals surface area contributed by atoms with Crippen molar-refractivity contribution >= 4 is 34.0 Å². The SMILES string of the molecule is C=C(/C=C1/OC(F)(F)O/C1=C/C)C1(C(=O)Nc2ncc(Cc3ccc(Cl)cc3F)s2)CC1. The zero-order valence-corrected chi connectivity index (χ0v) is 18.5. The molecule has 0 bridgehead atoms. The van der Waals surface area contributed by atoms with Crippen molar-refractivity contribution in [3.63, 3.8) is 0 Å². The van der Waals surface area contributed by atoms with Crippen molar-refractivity contribution < 1.29 is 27.4 Å². The average molecular weight is 483 g/mol. The van der Waals surface area contributed by atoms with Crippen LogP contribution >= 0.6 is 22.9 Å². The average Bonchev–Trinajstić information content (AvgIpc) is 3.34. The molecule has 1 saturated carbocycles. The Labute approximate surface area is 191 Å². The second-order valence-electron chi connectivity index (χ2n) is 7.43. The third-order valence-corrected chi connectivity index (χ3v) is 6.37. The number of rotatable bonds is 6. The molecule has 1 amide bonds. The van der Waals surface area contributed by atoms with Gasteiger partial charge >= 0.3 is 6.29 Å². The Morgan fingerprint density at radius 1 is 1.34 bits per heavy atom. The van der Waals surface area contributed by atoms with E-state index in [4.69, 9.17) is 11.6 Å². The summed E-state index contributed by atoms with van der Waals surface area (Å²) in [6, 6.07) is 4.45. The maximum Gasteiger partial charge on any atom is 0.586 e. The number of nitrogens with zero attached hydrogens (tertiary/aromatic N) is 1. The van der Waals surface area contributed by atoms with Gasteiger partial charge in [0, 0.05) is 22.5 Å². The van der Waals surface area contributed by atoms with E-state index in [9.17, 15) is 18.0 Å². The number of allylic oxidation sites excluding steroid dienone is 2. The molecule has 1 aliphatic carbocycles. The topological polar surface area (TPSA) is 60.5 Å². The standard InChI is InChI=1S/C22H18ClF3N2O3S/c1-3-17-18(31-22(25,26)30-17)8-12(2)21(6-7-21)19(29)28-20-27-11-15(32-20)9-13-4-5-14(23)10-16(13)24/h3-5,8,10-11H,2,6-7,9H2,1H3,(H,27,28,29)/b17-3+,18-8+. The first-order valence-corrected chi connectivity index (χ1v) is 10.8. The van der Waals surface area contributed by atoms with E-state index < -0.39 is 17.5 Å². The lowest BCUT2D eigenvalue weighted by molar-refractivity contribution is -0.326. The number of hydrogen-bond donors (Lipinski definition) is 1. The summed E-state index contributed by atoms with van der Waals surface area (Å²) in [6.45, 7) is 5.43. The molecule has 2 fully saturated rings. The molecule has 1 saturated heterocycles. The number of nitrogens with one attached hydrogen (secondary N) is 1. The van der Waals surface area contributed by atoms with Gasteiger partial charge in [-0.2, -0.15) is 0 Å². The third-order valence-electron chi connectivity index (χ3n) is 5.22. The number of carbonyl (C=O) groups excluding carboxylic acids is 1. The summed E-state index contributed by atoms with van der Waals surface area (Å²) in [4.78, 5) is 17.8. The van der Waals surface area contributed by atoms with Crippen LogP contribution < -0.4 is 5.32 Å². The molecule has 2 aliphatic rings. The van der Waals surface area contributed by atoms with Crippen LogP contribution in [0.1, 0.15) is 30.2 Å². The lowest BCUT2D eigenvalue weighted by atomic mass is 9.95. The van der Waals surface area contributed by atoms with Crippen LogP contribution in [0.3, 0.4) is 0 Å². The third kappa shape index (κ3) is 4.54. The molecule has 0 radical (unpaired) electrons. The van der Waals surface area contributed by atoms with Crippen LogP contribution in [0.25, 0.3) is 0 Å². The maximum absolute atomic E-state index is 14.0. The molecule has 10 heteroatoms. The fraction of sp³-hybridized carbons (Fsp3) is 0.273. The summed E-state index contributed by atoms with van der Waals surface area (Å²) in [6.07, 6.45) is 1.79. The van der Waals surface area contributed by atoms with Gasteiger partial charge in [0.1, 0.15) is 5.82 Å². The number of halogens is 4. The van der Waals surface area contributed by atoms with Crippen molar-refractivity contribution in [3.05, 3.63) is 81.5 Å². The zero-order chi connectivity index (χ0) is 23.1. The molecule has 2 heterocycles. The second-order valence-corrected chi connectivity index (χ2v) is 8.99. The van der Waals surface area contributed by atoms with Crippen LogP contribution in [0.2, 0.25) is 5.02 Å². The highest BCUT2D eigenvalue weighted by molar-refractivity contribution is 7.15. The van der Waals surface area contributed by atoms with Crippen molar-refractivity contribution in [1.82, 2.24) is 4.98 Å². The maximum atomic E-state index is 14.0. The van der Waals surface area contributed by atoms with Crippen molar-refractivity contribution in [1.29, 1.82) is 0 Å². The smallest absolute Gasteiger partial charge is 0.396 e. The summed E-state index contributed by atoms with van der Waals surface area (Å²) in [5, 5.41) is 3.42. The van der Waals surface area contributed by atoms with Gasteiger partial charge in [-0.3, -0.25) is 4.79 Å². The van der Waals surface area contributed by atoms with Crippen molar-refractivity contribution in [2.24, 2.45) is 5.41 Å². The summed E-state index contributed by atoms with van der Waals surface area (Å²) in [7, 11) is 0. The molecule has 4 rings (SSSR count). The van der Waals surface area contributed by atoms with Crippen LogP contribution in [-0.2, 0) is 20.7 Å². The van der Waals surface area contributed by atoms with E-state index in [0.717, 1.165) is 4.88 Å². The molecule has 0 unspecified atom stereocenters. The number of benzene rings is 1. The van der Waals surface area contributed by atoms with Gasteiger partial charge in [-0.15, -0.1) is 20.1 Å². The van der Waals surface area contributed by atoms with Gasteiger partial charge < -0.3 is 14.8 Å². The zero-order valence-electron chi connectivity index (χ0n) is 16.9. The molecule has 0 spiro atoms. The summed E-state index contributed by atoms with van der Waals surface area (Å²) < 4.78 is 49.7. The largest absolute Gasteiger partial charge is 0.586 e. The molecule has 168 valence electrons. The quantitative estimate of drug-likeness (QED) is 0.533. The van der Waals surface area contributed by atoms with E-state index in [1.165, 1.54) is 36.5 Å². The number of thiazole rings is 1.